The van der Waals surface area contributed by atoms with Crippen LogP contribution in [0.5, 0.6) is 0 Å². The number of thiophene rings is 1. The van der Waals surface area contributed by atoms with E-state index in [0.29, 0.717) is 19.2 Å². The summed E-state index contributed by atoms with van der Waals surface area (Å²) in [5, 5.41) is 11.9. The van der Waals surface area contributed by atoms with Crippen LogP contribution in [0.3, 0.4) is 0 Å². The van der Waals surface area contributed by atoms with Gasteiger partial charge >= 0.3 is 5.97 Å². The van der Waals surface area contributed by atoms with Crippen LogP contribution in [0, 0.1) is 0 Å². The van der Waals surface area contributed by atoms with Crippen LogP contribution < -0.4 is 0 Å². The van der Waals surface area contributed by atoms with Crippen LogP contribution in [0.4, 0.5) is 0 Å². The number of rotatable bonds is 8. The maximum Gasteiger partial charge on any atom is 0.308 e. The molecular weight excluding hydrogens is 262 g/mol. The van der Waals surface area contributed by atoms with Crippen LogP contribution in [0.25, 0.3) is 0 Å². The molecule has 0 spiro atoms. The van der Waals surface area contributed by atoms with Crippen molar-refractivity contribution in [2.45, 2.75) is 38.8 Å². The number of hydrogen-bond donors (Lipinski definition) is 1. The van der Waals surface area contributed by atoms with Crippen LogP contribution in [-0.2, 0) is 16.0 Å². The second kappa shape index (κ2) is 8.30. The van der Waals surface area contributed by atoms with E-state index in [1.165, 1.54) is 4.88 Å². The van der Waals surface area contributed by atoms with Gasteiger partial charge in [-0.2, -0.15) is 0 Å². The molecule has 0 saturated carbocycles. The van der Waals surface area contributed by atoms with Crippen molar-refractivity contribution in [1.29, 1.82) is 0 Å². The number of likely N-dealkylation sites (N-methyl/N-ethyl adjacent to an activating group) is 1. The third-order valence-corrected chi connectivity index (χ3v) is 3.93. The molecule has 1 rings (SSSR count). The van der Waals surface area contributed by atoms with Crippen molar-refractivity contribution in [3.63, 3.8) is 0 Å². The van der Waals surface area contributed by atoms with E-state index in [9.17, 15) is 9.90 Å². The summed E-state index contributed by atoms with van der Waals surface area (Å²) in [5.74, 6) is -0.339. The third kappa shape index (κ3) is 6.18. The van der Waals surface area contributed by atoms with Gasteiger partial charge in [0.2, 0.25) is 0 Å². The van der Waals surface area contributed by atoms with E-state index in [0.717, 1.165) is 6.42 Å². The van der Waals surface area contributed by atoms with Gasteiger partial charge in [-0.15, -0.1) is 11.3 Å². The molecule has 0 aromatic carbocycles. The van der Waals surface area contributed by atoms with Crippen LogP contribution >= 0.6 is 11.3 Å². The molecule has 0 amide bonds. The van der Waals surface area contributed by atoms with Crippen LogP contribution in [0.15, 0.2) is 17.5 Å². The zero-order chi connectivity index (χ0) is 14.3. The number of nitrogens with zero attached hydrogens (tertiary/aromatic N) is 1. The maximum absolute atomic E-state index is 11.3. The molecule has 2 atom stereocenters. The monoisotopic (exact) mass is 285 g/mol. The Balaban J connectivity index is 2.32. The minimum atomic E-state index is -0.671. The summed E-state index contributed by atoms with van der Waals surface area (Å²) in [5.41, 5.74) is 0. The van der Waals surface area contributed by atoms with Crippen molar-refractivity contribution in [3.05, 3.63) is 22.4 Å². The molecule has 0 aliphatic heterocycles. The number of aliphatic hydroxyl groups excluding tert-OH is 1. The lowest BCUT2D eigenvalue weighted by atomic mass is 10.1. The molecule has 0 fully saturated rings. The number of aliphatic hydroxyl groups is 1. The minimum absolute atomic E-state index is 0.0594. The molecule has 108 valence electrons. The highest BCUT2D eigenvalue weighted by molar-refractivity contribution is 7.09. The Bertz CT molecular complexity index is 367. The highest BCUT2D eigenvalue weighted by Crippen LogP contribution is 2.14. The highest BCUT2D eigenvalue weighted by Gasteiger charge is 2.17. The quantitative estimate of drug-likeness (QED) is 0.742. The van der Waals surface area contributed by atoms with Crippen molar-refractivity contribution in [2.75, 3.05) is 20.2 Å². The van der Waals surface area contributed by atoms with Crippen LogP contribution in [0.1, 0.15) is 25.1 Å². The number of ether oxygens (including phenoxy) is 1. The Morgan fingerprint density at radius 2 is 2.32 bits per heavy atom. The van der Waals surface area contributed by atoms with Gasteiger partial charge in [-0.05, 0) is 38.8 Å². The molecule has 0 radical (unpaired) electrons. The first-order valence-electron chi connectivity index (χ1n) is 6.59. The van der Waals surface area contributed by atoms with Gasteiger partial charge in [0.05, 0.1) is 19.1 Å². The predicted molar refractivity (Wildman–Crippen MR) is 77.4 cm³/mol. The molecule has 1 aromatic heterocycles. The summed E-state index contributed by atoms with van der Waals surface area (Å²) in [7, 11) is 1.96. The van der Waals surface area contributed by atoms with E-state index in [-0.39, 0.29) is 12.4 Å². The second-order valence-electron chi connectivity index (χ2n) is 4.74. The number of esters is 1. The normalized spacial score (nSPS) is 14.4. The molecule has 1 heterocycles. The first-order chi connectivity index (χ1) is 9.02. The Morgan fingerprint density at radius 1 is 1.58 bits per heavy atom. The Morgan fingerprint density at radius 3 is 2.89 bits per heavy atom. The fourth-order valence-corrected chi connectivity index (χ4v) is 2.69. The summed E-state index contributed by atoms with van der Waals surface area (Å²) in [4.78, 5) is 14.7. The molecular formula is C14H23NO3S. The van der Waals surface area contributed by atoms with Crippen molar-refractivity contribution < 1.29 is 14.6 Å². The third-order valence-electron chi connectivity index (χ3n) is 3.04. The zero-order valence-electron chi connectivity index (χ0n) is 11.8. The van der Waals surface area contributed by atoms with E-state index >= 15 is 0 Å². The van der Waals surface area contributed by atoms with Gasteiger partial charge in [0.25, 0.3) is 0 Å². The molecule has 0 bridgehead atoms. The van der Waals surface area contributed by atoms with Gasteiger partial charge in [-0.1, -0.05) is 6.07 Å². The number of carbonyl (C=O) groups is 1. The van der Waals surface area contributed by atoms with Gasteiger partial charge in [-0.3, -0.25) is 4.79 Å². The Hall–Kier alpha value is -0.910. The van der Waals surface area contributed by atoms with Crippen LogP contribution in [0.2, 0.25) is 0 Å². The standard InChI is InChI=1S/C14H23NO3S/c1-4-18-14(17)9-12(16)10-15(3)11(2)8-13-6-5-7-19-13/h5-7,11-12,16H,4,8-10H2,1-3H3. The first kappa shape index (κ1) is 16.1. The summed E-state index contributed by atoms with van der Waals surface area (Å²) >= 11 is 1.74. The van der Waals surface area contributed by atoms with E-state index in [4.69, 9.17) is 4.74 Å². The van der Waals surface area contributed by atoms with Crippen molar-refractivity contribution in [1.82, 2.24) is 4.90 Å². The summed E-state index contributed by atoms with van der Waals surface area (Å²) in [6.45, 7) is 4.72. The topological polar surface area (TPSA) is 49.8 Å². The lowest BCUT2D eigenvalue weighted by Crippen LogP contribution is -2.37. The molecule has 0 aliphatic rings. The molecule has 2 unspecified atom stereocenters. The number of hydrogen-bond acceptors (Lipinski definition) is 5. The molecule has 0 aliphatic carbocycles. The van der Waals surface area contributed by atoms with Crippen molar-refractivity contribution in [2.24, 2.45) is 0 Å². The number of carbonyl (C=O) groups excluding carboxylic acids is 1. The minimum Gasteiger partial charge on any atom is -0.466 e. The predicted octanol–water partition coefficient (Wildman–Crippen LogP) is 1.92. The average molecular weight is 285 g/mol. The van der Waals surface area contributed by atoms with E-state index in [1.807, 2.05) is 13.1 Å². The fraction of sp³-hybridized carbons (Fsp3) is 0.643. The average Bonchev–Trinajstić information content (AvgIpc) is 2.81. The Labute approximate surface area is 119 Å². The van der Waals surface area contributed by atoms with Gasteiger partial charge in [0, 0.05) is 17.5 Å². The van der Waals surface area contributed by atoms with E-state index < -0.39 is 6.10 Å². The van der Waals surface area contributed by atoms with E-state index in [1.54, 1.807) is 18.3 Å². The smallest absolute Gasteiger partial charge is 0.308 e. The lowest BCUT2D eigenvalue weighted by Gasteiger charge is -2.26. The molecule has 1 aromatic rings. The Kier molecular flexibility index (Phi) is 7.05. The van der Waals surface area contributed by atoms with E-state index in [2.05, 4.69) is 23.3 Å². The van der Waals surface area contributed by atoms with Gasteiger partial charge in [0.1, 0.15) is 0 Å². The molecule has 1 N–H and O–H groups in total. The molecule has 19 heavy (non-hydrogen) atoms. The summed E-state index contributed by atoms with van der Waals surface area (Å²) in [6.07, 6.45) is 0.347. The van der Waals surface area contributed by atoms with Gasteiger partial charge in [-0.25, -0.2) is 0 Å². The fourth-order valence-electron chi connectivity index (χ4n) is 1.86. The van der Waals surface area contributed by atoms with Gasteiger partial charge < -0.3 is 14.7 Å². The summed E-state index contributed by atoms with van der Waals surface area (Å²) in [6, 6.07) is 4.49. The lowest BCUT2D eigenvalue weighted by molar-refractivity contribution is -0.145. The first-order valence-corrected chi connectivity index (χ1v) is 7.47. The highest BCUT2D eigenvalue weighted by atomic mass is 32.1. The molecule has 4 nitrogen and oxygen atoms in total. The van der Waals surface area contributed by atoms with Gasteiger partial charge in [0.15, 0.2) is 0 Å². The SMILES string of the molecule is CCOC(=O)CC(O)CN(C)C(C)Cc1cccs1. The molecule has 5 heteroatoms. The largest absolute Gasteiger partial charge is 0.466 e. The maximum atomic E-state index is 11.3. The van der Waals surface area contributed by atoms with Crippen LogP contribution in [-0.4, -0.2) is 48.3 Å². The summed E-state index contributed by atoms with van der Waals surface area (Å²) < 4.78 is 4.82. The zero-order valence-corrected chi connectivity index (χ0v) is 12.7. The molecule has 0 saturated heterocycles. The van der Waals surface area contributed by atoms with Crippen molar-refractivity contribution >= 4 is 17.3 Å². The van der Waals surface area contributed by atoms with Crippen molar-refractivity contribution in [3.8, 4) is 0 Å². The second-order valence-corrected chi connectivity index (χ2v) is 5.77.